The van der Waals surface area contributed by atoms with E-state index in [1.165, 1.54) is 0 Å². The van der Waals surface area contributed by atoms with E-state index >= 15 is 0 Å². The van der Waals surface area contributed by atoms with Gasteiger partial charge in [-0.05, 0) is 58.9 Å². The average molecular weight is 366 g/mol. The first-order valence-corrected chi connectivity index (χ1v) is 7.89. The number of nitrogens with one attached hydrogen (secondary N) is 1. The van der Waals surface area contributed by atoms with E-state index in [-0.39, 0.29) is 6.04 Å². The summed E-state index contributed by atoms with van der Waals surface area (Å²) in [6, 6.07) is 11.4. The molecule has 3 aromatic rings. The van der Waals surface area contributed by atoms with E-state index in [0.717, 1.165) is 33.4 Å². The molecule has 2 aromatic heterocycles. The van der Waals surface area contributed by atoms with Gasteiger partial charge in [0, 0.05) is 21.1 Å². The number of aromatic nitrogens is 1. The van der Waals surface area contributed by atoms with E-state index in [4.69, 9.17) is 16.0 Å². The molecule has 5 heteroatoms. The van der Waals surface area contributed by atoms with Crippen molar-refractivity contribution in [3.05, 3.63) is 63.5 Å². The lowest BCUT2D eigenvalue weighted by molar-refractivity contribution is 0.470. The van der Waals surface area contributed by atoms with Gasteiger partial charge in [-0.2, -0.15) is 0 Å². The highest BCUT2D eigenvalue weighted by Crippen LogP contribution is 2.31. The summed E-state index contributed by atoms with van der Waals surface area (Å²) in [6.45, 7) is 2.87. The van der Waals surface area contributed by atoms with Crippen molar-refractivity contribution in [3.8, 4) is 0 Å². The van der Waals surface area contributed by atoms with Gasteiger partial charge in [0.1, 0.15) is 17.4 Å². The lowest BCUT2D eigenvalue weighted by Crippen LogP contribution is -2.22. The number of fused-ring (bicyclic) bond motifs is 1. The van der Waals surface area contributed by atoms with Crippen LogP contribution in [0.3, 0.4) is 0 Å². The Morgan fingerprint density at radius 2 is 2.19 bits per heavy atom. The van der Waals surface area contributed by atoms with Crippen LogP contribution in [0.1, 0.15) is 24.4 Å². The highest BCUT2D eigenvalue weighted by Gasteiger charge is 2.21. The Balaban J connectivity index is 2.09. The van der Waals surface area contributed by atoms with Crippen molar-refractivity contribution in [2.45, 2.75) is 13.0 Å². The monoisotopic (exact) mass is 364 g/mol. The number of pyridine rings is 1. The number of halogens is 2. The van der Waals surface area contributed by atoms with Crippen LogP contribution in [0, 0.1) is 0 Å². The lowest BCUT2D eigenvalue weighted by Gasteiger charge is -2.16. The maximum Gasteiger partial charge on any atom is 0.134 e. The molecule has 1 aromatic carbocycles. The number of hydrogen-bond acceptors (Lipinski definition) is 3. The largest absolute Gasteiger partial charge is 0.459 e. The highest BCUT2D eigenvalue weighted by molar-refractivity contribution is 9.10. The minimum atomic E-state index is -0.100. The molecule has 2 heterocycles. The third-order valence-electron chi connectivity index (χ3n) is 3.25. The molecule has 0 fully saturated rings. The van der Waals surface area contributed by atoms with Crippen molar-refractivity contribution in [2.24, 2.45) is 0 Å². The Hall–Kier alpha value is -1.36. The molecule has 0 aliphatic carbocycles. The Labute approximate surface area is 136 Å². The standard InChI is InChI=1S/C16H14BrClN2O/c1-2-19-16(15-12(17)4-3-7-20-15)14-9-10-8-11(18)5-6-13(10)21-14/h3-9,16,19H,2H2,1H3. The Bertz CT molecular complexity index is 772. The first kappa shape index (κ1) is 14.6. The molecule has 0 radical (unpaired) electrons. The summed E-state index contributed by atoms with van der Waals surface area (Å²) in [5.74, 6) is 0.827. The van der Waals surface area contributed by atoms with E-state index in [2.05, 4.69) is 33.2 Å². The topological polar surface area (TPSA) is 38.1 Å². The molecule has 0 spiro atoms. The summed E-state index contributed by atoms with van der Waals surface area (Å²) in [5.41, 5.74) is 1.73. The van der Waals surface area contributed by atoms with Crippen LogP contribution >= 0.6 is 27.5 Å². The van der Waals surface area contributed by atoms with E-state index in [1.54, 1.807) is 6.20 Å². The van der Waals surface area contributed by atoms with E-state index in [1.807, 2.05) is 36.4 Å². The third-order valence-corrected chi connectivity index (χ3v) is 4.16. The fraction of sp³-hybridized carbons (Fsp3) is 0.188. The van der Waals surface area contributed by atoms with Gasteiger partial charge in [0.15, 0.2) is 0 Å². The molecule has 108 valence electrons. The van der Waals surface area contributed by atoms with E-state index in [0.29, 0.717) is 5.02 Å². The first-order chi connectivity index (χ1) is 10.2. The Morgan fingerprint density at radius 1 is 1.33 bits per heavy atom. The number of nitrogens with zero attached hydrogens (tertiary/aromatic N) is 1. The zero-order valence-electron chi connectivity index (χ0n) is 11.4. The van der Waals surface area contributed by atoms with Gasteiger partial charge in [0.2, 0.25) is 0 Å². The maximum absolute atomic E-state index is 6.03. The lowest BCUT2D eigenvalue weighted by atomic mass is 10.1. The van der Waals surface area contributed by atoms with Crippen molar-refractivity contribution >= 4 is 38.5 Å². The zero-order valence-corrected chi connectivity index (χ0v) is 13.8. The van der Waals surface area contributed by atoms with Crippen molar-refractivity contribution in [3.63, 3.8) is 0 Å². The smallest absolute Gasteiger partial charge is 0.134 e. The number of hydrogen-bond donors (Lipinski definition) is 1. The number of rotatable bonds is 4. The fourth-order valence-corrected chi connectivity index (χ4v) is 2.99. The highest BCUT2D eigenvalue weighted by atomic mass is 79.9. The van der Waals surface area contributed by atoms with Crippen LogP contribution in [0.2, 0.25) is 5.02 Å². The minimum absolute atomic E-state index is 0.100. The second-order valence-electron chi connectivity index (χ2n) is 4.69. The SMILES string of the molecule is CCNC(c1cc2cc(Cl)ccc2o1)c1ncccc1Br. The molecule has 21 heavy (non-hydrogen) atoms. The van der Waals surface area contributed by atoms with Crippen LogP contribution in [0.25, 0.3) is 11.0 Å². The van der Waals surface area contributed by atoms with Crippen LogP contribution in [-0.4, -0.2) is 11.5 Å². The van der Waals surface area contributed by atoms with E-state index in [9.17, 15) is 0 Å². The summed E-state index contributed by atoms with van der Waals surface area (Å²) in [7, 11) is 0. The van der Waals surface area contributed by atoms with Crippen molar-refractivity contribution in [2.75, 3.05) is 6.54 Å². The minimum Gasteiger partial charge on any atom is -0.459 e. The van der Waals surface area contributed by atoms with Gasteiger partial charge in [0.05, 0.1) is 5.69 Å². The quantitative estimate of drug-likeness (QED) is 0.711. The maximum atomic E-state index is 6.03. The molecule has 0 amide bonds. The first-order valence-electron chi connectivity index (χ1n) is 6.72. The molecule has 1 unspecified atom stereocenters. The summed E-state index contributed by atoms with van der Waals surface area (Å²) in [6.07, 6.45) is 1.78. The van der Waals surface area contributed by atoms with Crippen LogP contribution in [0.5, 0.6) is 0 Å². The van der Waals surface area contributed by atoms with Crippen molar-refractivity contribution in [1.29, 1.82) is 0 Å². The molecule has 3 nitrogen and oxygen atoms in total. The molecule has 0 aliphatic rings. The van der Waals surface area contributed by atoms with Crippen LogP contribution < -0.4 is 5.32 Å². The molecule has 0 saturated carbocycles. The Kier molecular flexibility index (Phi) is 4.29. The normalized spacial score (nSPS) is 12.7. The summed E-state index contributed by atoms with van der Waals surface area (Å²) in [5, 5.41) is 5.11. The zero-order chi connectivity index (χ0) is 14.8. The fourth-order valence-electron chi connectivity index (χ4n) is 2.32. The molecule has 0 aliphatic heterocycles. The number of benzene rings is 1. The Morgan fingerprint density at radius 3 is 2.95 bits per heavy atom. The summed E-state index contributed by atoms with van der Waals surface area (Å²) in [4.78, 5) is 4.47. The van der Waals surface area contributed by atoms with Crippen molar-refractivity contribution in [1.82, 2.24) is 10.3 Å². The van der Waals surface area contributed by atoms with Gasteiger partial charge >= 0.3 is 0 Å². The number of furan rings is 1. The van der Waals surface area contributed by atoms with Gasteiger partial charge in [-0.3, -0.25) is 4.98 Å². The van der Waals surface area contributed by atoms with Crippen LogP contribution in [-0.2, 0) is 0 Å². The van der Waals surface area contributed by atoms with Gasteiger partial charge < -0.3 is 9.73 Å². The van der Waals surface area contributed by atoms with Gasteiger partial charge in [-0.25, -0.2) is 0 Å². The third kappa shape index (κ3) is 2.98. The molecule has 1 N–H and O–H groups in total. The molecular weight excluding hydrogens is 352 g/mol. The molecule has 0 saturated heterocycles. The summed E-state index contributed by atoms with van der Waals surface area (Å²) >= 11 is 9.59. The predicted molar refractivity (Wildman–Crippen MR) is 88.7 cm³/mol. The van der Waals surface area contributed by atoms with Gasteiger partial charge in [0.25, 0.3) is 0 Å². The average Bonchev–Trinajstić information content (AvgIpc) is 2.88. The molecule has 1 atom stereocenters. The molecule has 0 bridgehead atoms. The second-order valence-corrected chi connectivity index (χ2v) is 5.98. The molecular formula is C16H14BrClN2O. The predicted octanol–water partition coefficient (Wildman–Crippen LogP) is 4.94. The van der Waals surface area contributed by atoms with Crippen LogP contribution in [0.4, 0.5) is 0 Å². The van der Waals surface area contributed by atoms with Gasteiger partial charge in [-0.1, -0.05) is 18.5 Å². The van der Waals surface area contributed by atoms with Gasteiger partial charge in [-0.15, -0.1) is 0 Å². The molecule has 3 rings (SSSR count). The van der Waals surface area contributed by atoms with E-state index < -0.39 is 0 Å². The van der Waals surface area contributed by atoms with Crippen molar-refractivity contribution < 1.29 is 4.42 Å². The summed E-state index contributed by atoms with van der Waals surface area (Å²) < 4.78 is 6.92. The second kappa shape index (κ2) is 6.18. The van der Waals surface area contributed by atoms with Crippen LogP contribution in [0.15, 0.2) is 51.5 Å².